The molecule has 1 aliphatic rings. The number of benzene rings is 2. The SMILES string of the molecule is C=CC(=O)NCc1ccc(C(=O)NC2CCOc3c(F)cccc32)cc1. The summed E-state index contributed by atoms with van der Waals surface area (Å²) < 4.78 is 19.2. The van der Waals surface area contributed by atoms with Gasteiger partial charge in [0.15, 0.2) is 11.6 Å². The van der Waals surface area contributed by atoms with E-state index in [0.717, 1.165) is 5.56 Å². The molecular weight excluding hydrogens is 335 g/mol. The first-order valence-corrected chi connectivity index (χ1v) is 8.30. The molecule has 0 saturated heterocycles. The average Bonchev–Trinajstić information content (AvgIpc) is 2.67. The zero-order valence-electron chi connectivity index (χ0n) is 14.1. The molecule has 0 aliphatic carbocycles. The van der Waals surface area contributed by atoms with Crippen molar-refractivity contribution in [3.05, 3.63) is 77.6 Å². The smallest absolute Gasteiger partial charge is 0.251 e. The molecule has 1 aliphatic heterocycles. The van der Waals surface area contributed by atoms with Gasteiger partial charge < -0.3 is 15.4 Å². The molecule has 1 unspecified atom stereocenters. The van der Waals surface area contributed by atoms with Crippen LogP contribution in [0.25, 0.3) is 0 Å². The molecule has 0 bridgehead atoms. The molecule has 26 heavy (non-hydrogen) atoms. The van der Waals surface area contributed by atoms with Gasteiger partial charge in [0.25, 0.3) is 5.91 Å². The van der Waals surface area contributed by atoms with Gasteiger partial charge in [-0.2, -0.15) is 0 Å². The molecule has 2 amide bonds. The Hall–Kier alpha value is -3.15. The quantitative estimate of drug-likeness (QED) is 0.812. The Morgan fingerprint density at radius 1 is 1.23 bits per heavy atom. The number of carbonyl (C=O) groups excluding carboxylic acids is 2. The lowest BCUT2D eigenvalue weighted by Gasteiger charge is -2.27. The molecule has 134 valence electrons. The van der Waals surface area contributed by atoms with Gasteiger partial charge in [0.05, 0.1) is 12.6 Å². The molecule has 1 atom stereocenters. The van der Waals surface area contributed by atoms with Crippen LogP contribution >= 0.6 is 0 Å². The number of halogens is 1. The molecule has 5 nitrogen and oxygen atoms in total. The first kappa shape index (κ1) is 17.7. The normalized spacial score (nSPS) is 15.3. The summed E-state index contributed by atoms with van der Waals surface area (Å²) in [6, 6.07) is 11.3. The number of carbonyl (C=O) groups is 2. The Labute approximate surface area is 150 Å². The van der Waals surface area contributed by atoms with Gasteiger partial charge in [0, 0.05) is 24.1 Å². The van der Waals surface area contributed by atoms with Crippen molar-refractivity contribution in [1.29, 1.82) is 0 Å². The molecule has 0 saturated carbocycles. The maximum Gasteiger partial charge on any atom is 0.251 e. The van der Waals surface area contributed by atoms with Crippen LogP contribution in [0.15, 0.2) is 55.1 Å². The van der Waals surface area contributed by atoms with Crippen LogP contribution in [0.3, 0.4) is 0 Å². The highest BCUT2D eigenvalue weighted by Crippen LogP contribution is 2.34. The number of amides is 2. The van der Waals surface area contributed by atoms with Crippen molar-refractivity contribution in [1.82, 2.24) is 10.6 Å². The van der Waals surface area contributed by atoms with Gasteiger partial charge in [-0.3, -0.25) is 9.59 Å². The van der Waals surface area contributed by atoms with Gasteiger partial charge in [0.2, 0.25) is 5.91 Å². The van der Waals surface area contributed by atoms with Crippen LogP contribution in [0.2, 0.25) is 0 Å². The standard InChI is InChI=1S/C20H19FN2O3/c1-2-18(24)22-12-13-6-8-14(9-7-13)20(25)23-17-10-11-26-19-15(17)4-3-5-16(19)21/h2-9,17H,1,10-12H2,(H,22,24)(H,23,25). The third-order valence-electron chi connectivity index (χ3n) is 4.20. The van der Waals surface area contributed by atoms with E-state index in [-0.39, 0.29) is 23.6 Å². The van der Waals surface area contributed by atoms with Crippen LogP contribution in [0, 0.1) is 5.82 Å². The molecule has 1 heterocycles. The highest BCUT2D eigenvalue weighted by atomic mass is 19.1. The Morgan fingerprint density at radius 2 is 2.00 bits per heavy atom. The van der Waals surface area contributed by atoms with E-state index in [1.165, 1.54) is 12.1 Å². The van der Waals surface area contributed by atoms with E-state index in [0.29, 0.717) is 30.7 Å². The van der Waals surface area contributed by atoms with Gasteiger partial charge in [-0.1, -0.05) is 30.8 Å². The molecule has 6 heteroatoms. The summed E-state index contributed by atoms with van der Waals surface area (Å²) in [7, 11) is 0. The minimum atomic E-state index is -0.424. The summed E-state index contributed by atoms with van der Waals surface area (Å²) in [5, 5.41) is 5.60. The molecule has 2 aromatic rings. The molecule has 0 spiro atoms. The summed E-state index contributed by atoms with van der Waals surface area (Å²) in [5.74, 6) is -0.712. The lowest BCUT2D eigenvalue weighted by atomic mass is 9.99. The molecular formula is C20H19FN2O3. The predicted molar refractivity (Wildman–Crippen MR) is 95.2 cm³/mol. The minimum absolute atomic E-state index is 0.206. The maximum atomic E-state index is 13.8. The van der Waals surface area contributed by atoms with E-state index in [4.69, 9.17) is 4.74 Å². The Morgan fingerprint density at radius 3 is 2.73 bits per heavy atom. The van der Waals surface area contributed by atoms with E-state index in [1.807, 2.05) is 0 Å². The first-order chi connectivity index (χ1) is 12.6. The Kier molecular flexibility index (Phi) is 5.31. The fraction of sp³-hybridized carbons (Fsp3) is 0.200. The van der Waals surface area contributed by atoms with E-state index in [1.54, 1.807) is 36.4 Å². The van der Waals surface area contributed by atoms with Crippen molar-refractivity contribution in [3.63, 3.8) is 0 Å². The van der Waals surface area contributed by atoms with Gasteiger partial charge >= 0.3 is 0 Å². The summed E-state index contributed by atoms with van der Waals surface area (Å²) in [6.45, 7) is 4.10. The summed E-state index contributed by atoms with van der Waals surface area (Å²) in [5.41, 5.74) is 2.01. The number of hydrogen-bond acceptors (Lipinski definition) is 3. The zero-order chi connectivity index (χ0) is 18.5. The number of nitrogens with one attached hydrogen (secondary N) is 2. The highest BCUT2D eigenvalue weighted by Gasteiger charge is 2.25. The maximum absolute atomic E-state index is 13.8. The topological polar surface area (TPSA) is 67.4 Å². The molecule has 0 radical (unpaired) electrons. The van der Waals surface area contributed by atoms with Crippen molar-refractivity contribution < 1.29 is 18.7 Å². The minimum Gasteiger partial charge on any atom is -0.490 e. The second kappa shape index (κ2) is 7.82. The fourth-order valence-electron chi connectivity index (χ4n) is 2.81. The predicted octanol–water partition coefficient (Wildman–Crippen LogP) is 2.88. The average molecular weight is 354 g/mol. The second-order valence-corrected chi connectivity index (χ2v) is 5.94. The summed E-state index contributed by atoms with van der Waals surface area (Å²) in [4.78, 5) is 23.7. The molecule has 0 aromatic heterocycles. The van der Waals surface area contributed by atoms with Crippen LogP contribution < -0.4 is 15.4 Å². The van der Waals surface area contributed by atoms with E-state index >= 15 is 0 Å². The lowest BCUT2D eigenvalue weighted by molar-refractivity contribution is -0.116. The highest BCUT2D eigenvalue weighted by molar-refractivity contribution is 5.94. The van der Waals surface area contributed by atoms with Crippen LogP contribution in [0.4, 0.5) is 4.39 Å². The molecule has 2 aromatic carbocycles. The number of fused-ring (bicyclic) bond motifs is 1. The van der Waals surface area contributed by atoms with Crippen molar-refractivity contribution in [2.75, 3.05) is 6.61 Å². The van der Waals surface area contributed by atoms with E-state index in [2.05, 4.69) is 17.2 Å². The van der Waals surface area contributed by atoms with Crippen LogP contribution in [-0.2, 0) is 11.3 Å². The number of rotatable bonds is 5. The van der Waals surface area contributed by atoms with Gasteiger partial charge in [0.1, 0.15) is 0 Å². The van der Waals surface area contributed by atoms with Crippen molar-refractivity contribution in [2.24, 2.45) is 0 Å². The van der Waals surface area contributed by atoms with Crippen LogP contribution in [-0.4, -0.2) is 18.4 Å². The Balaban J connectivity index is 1.67. The largest absolute Gasteiger partial charge is 0.490 e. The fourth-order valence-corrected chi connectivity index (χ4v) is 2.81. The first-order valence-electron chi connectivity index (χ1n) is 8.30. The van der Waals surface area contributed by atoms with Crippen LogP contribution in [0.5, 0.6) is 5.75 Å². The van der Waals surface area contributed by atoms with E-state index in [9.17, 15) is 14.0 Å². The van der Waals surface area contributed by atoms with Gasteiger partial charge in [-0.25, -0.2) is 4.39 Å². The zero-order valence-corrected chi connectivity index (χ0v) is 14.1. The molecule has 2 N–H and O–H groups in total. The van der Waals surface area contributed by atoms with Crippen molar-refractivity contribution in [3.8, 4) is 5.75 Å². The second-order valence-electron chi connectivity index (χ2n) is 5.94. The summed E-state index contributed by atoms with van der Waals surface area (Å²) in [6.07, 6.45) is 1.78. The number of ether oxygens (including phenoxy) is 1. The molecule has 3 rings (SSSR count). The van der Waals surface area contributed by atoms with Gasteiger partial charge in [-0.15, -0.1) is 0 Å². The monoisotopic (exact) mass is 354 g/mol. The number of hydrogen-bond donors (Lipinski definition) is 2. The van der Waals surface area contributed by atoms with Crippen molar-refractivity contribution in [2.45, 2.75) is 19.0 Å². The van der Waals surface area contributed by atoms with E-state index < -0.39 is 5.82 Å². The Bertz CT molecular complexity index is 833. The summed E-state index contributed by atoms with van der Waals surface area (Å²) >= 11 is 0. The lowest BCUT2D eigenvalue weighted by Crippen LogP contribution is -2.32. The third-order valence-corrected chi connectivity index (χ3v) is 4.20. The number of para-hydroxylation sites is 1. The third kappa shape index (κ3) is 3.91. The van der Waals surface area contributed by atoms with Crippen LogP contribution in [0.1, 0.15) is 33.9 Å². The molecule has 0 fully saturated rings. The van der Waals surface area contributed by atoms with Gasteiger partial charge in [-0.05, 0) is 29.8 Å². The van der Waals surface area contributed by atoms with Crippen molar-refractivity contribution >= 4 is 11.8 Å².